The van der Waals surface area contributed by atoms with Crippen LogP contribution in [0.15, 0.2) is 140 Å². The van der Waals surface area contributed by atoms with E-state index in [-0.39, 0.29) is 0 Å². The molecule has 1 aromatic heterocycles. The molecule has 0 saturated heterocycles. The van der Waals surface area contributed by atoms with Crippen LogP contribution in [-0.4, -0.2) is 9.97 Å². The monoisotopic (exact) mass is 403 g/mol. The van der Waals surface area contributed by atoms with Crippen LogP contribution in [0.3, 0.4) is 0 Å². The standard InChI is InChI=1S/C28H25N3/c29-26-23-30-27(24-19-15-11-7-3-1-4-8-12-16-20-24)28(31-26)25-21-17-13-9-5-2-6-10-14-18-22-25/h1-23H,(H2,29,31)/b3-1-,4-1?,5-2-,6-2?,7-3?,8-4-,9-5?,10-6-,11-7-,12-8?,13-9-,14-10?,15-11?,16-12-,17-13?,18-14-,19-15-,20-16?,21-17-,22-18?,24-19?,24-20+,25-21?,25-22+. The van der Waals surface area contributed by atoms with Crippen LogP contribution in [0.5, 0.6) is 0 Å². The smallest absolute Gasteiger partial charge is 0.142 e. The Balaban J connectivity index is 2.10. The molecule has 3 nitrogen and oxygen atoms in total. The SMILES string of the molecule is Nc1cnc(C2=C/C=C\C=C/C=C\C=C/C=C\2)c(C2=C/C=C\C=C/C=C\C=C/C=C\2)n1. The third-order valence-corrected chi connectivity index (χ3v) is 4.22. The lowest BCUT2D eigenvalue weighted by molar-refractivity contribution is 1.15. The summed E-state index contributed by atoms with van der Waals surface area (Å²) in [7, 11) is 0. The van der Waals surface area contributed by atoms with E-state index in [1.165, 1.54) is 0 Å². The predicted octanol–water partition coefficient (Wildman–Crippen LogP) is 6.41. The Morgan fingerprint density at radius 1 is 0.452 bits per heavy atom. The molecular formula is C28H25N3. The van der Waals surface area contributed by atoms with Gasteiger partial charge in [0, 0.05) is 11.1 Å². The fourth-order valence-electron chi connectivity index (χ4n) is 2.78. The molecule has 0 unspecified atom stereocenters. The van der Waals surface area contributed by atoms with Gasteiger partial charge in [0.1, 0.15) is 5.82 Å². The van der Waals surface area contributed by atoms with Gasteiger partial charge in [0.25, 0.3) is 0 Å². The Morgan fingerprint density at radius 2 is 0.839 bits per heavy atom. The van der Waals surface area contributed by atoms with Crippen LogP contribution >= 0.6 is 0 Å². The van der Waals surface area contributed by atoms with Crippen LogP contribution in [0, 0.1) is 0 Å². The zero-order valence-corrected chi connectivity index (χ0v) is 17.3. The maximum atomic E-state index is 6.02. The van der Waals surface area contributed by atoms with E-state index in [2.05, 4.69) is 9.97 Å². The van der Waals surface area contributed by atoms with E-state index in [0.29, 0.717) is 5.82 Å². The van der Waals surface area contributed by atoms with Gasteiger partial charge < -0.3 is 5.73 Å². The predicted molar refractivity (Wildman–Crippen MR) is 134 cm³/mol. The molecule has 0 aromatic carbocycles. The Kier molecular flexibility index (Phi) is 8.55. The largest absolute Gasteiger partial charge is 0.382 e. The molecule has 152 valence electrons. The maximum Gasteiger partial charge on any atom is 0.142 e. The van der Waals surface area contributed by atoms with E-state index in [0.717, 1.165) is 22.5 Å². The lowest BCUT2D eigenvalue weighted by Crippen LogP contribution is -2.03. The Bertz CT molecular complexity index is 1120. The Hall–Kier alpha value is -4.24. The molecule has 3 heteroatoms. The number of rotatable bonds is 2. The minimum atomic E-state index is 0.378. The second kappa shape index (κ2) is 12.3. The molecule has 2 aliphatic rings. The third-order valence-electron chi connectivity index (χ3n) is 4.22. The van der Waals surface area contributed by atoms with E-state index in [1.807, 2.05) is 134 Å². The minimum Gasteiger partial charge on any atom is -0.382 e. The summed E-state index contributed by atoms with van der Waals surface area (Å²) in [6, 6.07) is 0. The van der Waals surface area contributed by atoms with Crippen molar-refractivity contribution in [3.63, 3.8) is 0 Å². The molecule has 3 rings (SSSR count). The molecule has 2 N–H and O–H groups in total. The minimum absolute atomic E-state index is 0.378. The van der Waals surface area contributed by atoms with Crippen molar-refractivity contribution in [2.45, 2.75) is 0 Å². The molecule has 0 saturated carbocycles. The van der Waals surface area contributed by atoms with Gasteiger partial charge in [-0.2, -0.15) is 0 Å². The number of hydrogen-bond acceptors (Lipinski definition) is 3. The summed E-state index contributed by atoms with van der Waals surface area (Å²) >= 11 is 0. The number of anilines is 1. The highest BCUT2D eigenvalue weighted by atomic mass is 14.9. The lowest BCUT2D eigenvalue weighted by Gasteiger charge is -2.10. The molecule has 0 bridgehead atoms. The summed E-state index contributed by atoms with van der Waals surface area (Å²) in [5, 5.41) is 0. The average Bonchev–Trinajstić information content (AvgIpc) is 2.75. The molecule has 1 aromatic rings. The zero-order valence-electron chi connectivity index (χ0n) is 17.3. The highest BCUT2D eigenvalue weighted by molar-refractivity contribution is 5.85. The molecule has 0 amide bonds. The third kappa shape index (κ3) is 7.26. The number of nitrogens with zero attached hydrogens (tertiary/aromatic N) is 2. The highest BCUT2D eigenvalue weighted by Gasteiger charge is 2.12. The summed E-state index contributed by atoms with van der Waals surface area (Å²) in [5.41, 5.74) is 9.35. The normalized spacial score (nSPS) is 29.9. The van der Waals surface area contributed by atoms with Crippen molar-refractivity contribution in [1.29, 1.82) is 0 Å². The van der Waals surface area contributed by atoms with Crippen LogP contribution < -0.4 is 5.73 Å². The molecule has 0 radical (unpaired) electrons. The van der Waals surface area contributed by atoms with E-state index in [9.17, 15) is 0 Å². The van der Waals surface area contributed by atoms with Gasteiger partial charge in [0.2, 0.25) is 0 Å². The molecule has 1 heterocycles. The van der Waals surface area contributed by atoms with Crippen molar-refractivity contribution in [1.82, 2.24) is 9.97 Å². The summed E-state index contributed by atoms with van der Waals surface area (Å²) < 4.78 is 0. The van der Waals surface area contributed by atoms with Gasteiger partial charge in [-0.25, -0.2) is 4.98 Å². The van der Waals surface area contributed by atoms with Crippen LogP contribution in [0.4, 0.5) is 5.82 Å². The van der Waals surface area contributed by atoms with Gasteiger partial charge >= 0.3 is 0 Å². The van der Waals surface area contributed by atoms with E-state index in [4.69, 9.17) is 5.73 Å². The quantitative estimate of drug-likeness (QED) is 0.620. The average molecular weight is 404 g/mol. The highest BCUT2D eigenvalue weighted by Crippen LogP contribution is 2.25. The number of aromatic nitrogens is 2. The van der Waals surface area contributed by atoms with E-state index < -0.39 is 0 Å². The molecule has 0 fully saturated rings. The second-order valence-corrected chi connectivity index (χ2v) is 6.53. The van der Waals surface area contributed by atoms with E-state index >= 15 is 0 Å². The van der Waals surface area contributed by atoms with Crippen LogP contribution in [-0.2, 0) is 0 Å². The summed E-state index contributed by atoms with van der Waals surface area (Å²) in [6.07, 6.45) is 45.3. The second-order valence-electron chi connectivity index (χ2n) is 6.53. The topological polar surface area (TPSA) is 51.8 Å². The molecule has 2 aliphatic carbocycles. The van der Waals surface area contributed by atoms with Gasteiger partial charge in [0.15, 0.2) is 0 Å². The van der Waals surface area contributed by atoms with Crippen molar-refractivity contribution in [2.75, 3.05) is 5.73 Å². The van der Waals surface area contributed by atoms with Crippen molar-refractivity contribution >= 4 is 17.0 Å². The van der Waals surface area contributed by atoms with Gasteiger partial charge in [-0.15, -0.1) is 0 Å². The molecule has 0 aliphatic heterocycles. The summed E-state index contributed by atoms with van der Waals surface area (Å²) in [5.74, 6) is 0.378. The van der Waals surface area contributed by atoms with Crippen molar-refractivity contribution < 1.29 is 0 Å². The van der Waals surface area contributed by atoms with Crippen molar-refractivity contribution in [3.8, 4) is 0 Å². The first-order valence-corrected chi connectivity index (χ1v) is 10.1. The van der Waals surface area contributed by atoms with Crippen LogP contribution in [0.1, 0.15) is 11.4 Å². The Morgan fingerprint density at radius 3 is 1.32 bits per heavy atom. The molecule has 0 spiro atoms. The van der Waals surface area contributed by atoms with Gasteiger partial charge in [-0.1, -0.05) is 134 Å². The molecule has 0 atom stereocenters. The fraction of sp³-hybridized carbons (Fsp3) is 0. The number of hydrogen-bond donors (Lipinski definition) is 1. The van der Waals surface area contributed by atoms with Gasteiger partial charge in [-0.05, 0) is 0 Å². The summed E-state index contributed by atoms with van der Waals surface area (Å²) in [4.78, 5) is 9.27. The van der Waals surface area contributed by atoms with Gasteiger partial charge in [-0.3, -0.25) is 4.98 Å². The number of allylic oxidation sites excluding steroid dienone is 24. The number of nitrogen functional groups attached to an aromatic ring is 1. The molecular weight excluding hydrogens is 378 g/mol. The number of nitrogens with two attached hydrogens (primary N) is 1. The first-order chi connectivity index (χ1) is 15.3. The van der Waals surface area contributed by atoms with Crippen LogP contribution in [0.25, 0.3) is 11.1 Å². The Labute approximate surface area is 184 Å². The lowest BCUT2D eigenvalue weighted by atomic mass is 10.0. The van der Waals surface area contributed by atoms with Crippen molar-refractivity contribution in [3.05, 3.63) is 151 Å². The van der Waals surface area contributed by atoms with Gasteiger partial charge in [0.05, 0.1) is 17.6 Å². The zero-order chi connectivity index (χ0) is 21.6. The fourth-order valence-corrected chi connectivity index (χ4v) is 2.78. The maximum absolute atomic E-state index is 6.02. The first-order valence-electron chi connectivity index (χ1n) is 10.1. The van der Waals surface area contributed by atoms with Crippen molar-refractivity contribution in [2.24, 2.45) is 0 Å². The van der Waals surface area contributed by atoms with Crippen LogP contribution in [0.2, 0.25) is 0 Å². The molecule has 31 heavy (non-hydrogen) atoms. The first kappa shape index (κ1) is 21.5. The summed E-state index contributed by atoms with van der Waals surface area (Å²) in [6.45, 7) is 0. The van der Waals surface area contributed by atoms with E-state index in [1.54, 1.807) is 6.20 Å².